The second kappa shape index (κ2) is 6.77. The third-order valence-corrected chi connectivity index (χ3v) is 5.10. The highest BCUT2D eigenvalue weighted by Crippen LogP contribution is 2.30. The molecule has 0 aromatic carbocycles. The average molecular weight is 376 g/mol. The molecule has 0 aliphatic rings. The highest BCUT2D eigenvalue weighted by molar-refractivity contribution is 7.91. The van der Waals surface area contributed by atoms with Crippen LogP contribution >= 0.6 is 11.5 Å². The van der Waals surface area contributed by atoms with Crippen molar-refractivity contribution in [3.63, 3.8) is 0 Å². The van der Waals surface area contributed by atoms with Gasteiger partial charge in [-0.25, -0.2) is 4.98 Å². The zero-order chi connectivity index (χ0) is 18.1. The summed E-state index contributed by atoms with van der Waals surface area (Å²) in [6, 6.07) is 2.30. The van der Waals surface area contributed by atoms with Crippen LogP contribution in [0.25, 0.3) is 11.4 Å². The molecule has 0 aliphatic carbocycles. The molecule has 2 aromatic rings. The van der Waals surface area contributed by atoms with Crippen LogP contribution in [0.2, 0.25) is 0 Å². The number of halogens is 3. The Morgan fingerprint density at radius 2 is 1.96 bits per heavy atom. The van der Waals surface area contributed by atoms with Crippen molar-refractivity contribution in [1.82, 2.24) is 14.3 Å². The zero-order valence-corrected chi connectivity index (χ0v) is 15.0. The summed E-state index contributed by atoms with van der Waals surface area (Å²) in [5, 5.41) is 0.410. The number of nitrogens with zero attached hydrogens (tertiary/aromatic N) is 4. The van der Waals surface area contributed by atoms with Gasteiger partial charge in [0.1, 0.15) is 27.5 Å². The van der Waals surface area contributed by atoms with E-state index in [-0.39, 0.29) is 11.4 Å². The Morgan fingerprint density at radius 1 is 1.29 bits per heavy atom. The molecule has 0 saturated heterocycles. The molecule has 0 saturated carbocycles. The van der Waals surface area contributed by atoms with Crippen molar-refractivity contribution in [2.24, 2.45) is 4.40 Å². The van der Waals surface area contributed by atoms with Crippen molar-refractivity contribution < 1.29 is 17.7 Å². The first-order valence-corrected chi connectivity index (χ1v) is 8.71. The summed E-state index contributed by atoms with van der Waals surface area (Å²) in [6.07, 6.45) is -3.47. The largest absolute Gasteiger partial charge is 0.591 e. The molecular formula is C14H15F3N4OS2. The second-order valence-electron chi connectivity index (χ2n) is 5.89. The molecule has 0 bridgehead atoms. The number of hydrogen-bond acceptors (Lipinski definition) is 6. The average Bonchev–Trinajstić information content (AvgIpc) is 2.95. The summed E-state index contributed by atoms with van der Waals surface area (Å²) in [6.45, 7) is 7.02. The van der Waals surface area contributed by atoms with Crippen LogP contribution in [-0.2, 0) is 17.5 Å². The molecule has 2 rings (SSSR count). The van der Waals surface area contributed by atoms with Crippen LogP contribution in [0.4, 0.5) is 13.2 Å². The van der Waals surface area contributed by atoms with E-state index in [4.69, 9.17) is 0 Å². The van der Waals surface area contributed by atoms with E-state index in [2.05, 4.69) is 18.7 Å². The van der Waals surface area contributed by atoms with Gasteiger partial charge in [0.2, 0.25) is 0 Å². The Hall–Kier alpha value is -1.52. The summed E-state index contributed by atoms with van der Waals surface area (Å²) in [5.41, 5.74) is -0.364. The second-order valence-corrected chi connectivity index (χ2v) is 8.55. The zero-order valence-electron chi connectivity index (χ0n) is 13.4. The van der Waals surface area contributed by atoms with Gasteiger partial charge in [-0.05, 0) is 51.4 Å². The SMILES string of the molecule is CC(=N[S+]([O-])C(C)(C)C)c1nc(-c2ccnc(C(F)(F)F)c2)ns1. The van der Waals surface area contributed by atoms with Gasteiger partial charge in [-0.1, -0.05) is 4.40 Å². The van der Waals surface area contributed by atoms with Gasteiger partial charge in [0.15, 0.2) is 10.8 Å². The molecule has 0 spiro atoms. The van der Waals surface area contributed by atoms with Crippen molar-refractivity contribution in [3.05, 3.63) is 29.0 Å². The molecule has 0 aliphatic heterocycles. The Balaban J connectivity index is 2.30. The van der Waals surface area contributed by atoms with E-state index >= 15 is 0 Å². The molecule has 24 heavy (non-hydrogen) atoms. The normalized spacial score (nSPS) is 14.8. The smallest absolute Gasteiger partial charge is 0.433 e. The van der Waals surface area contributed by atoms with E-state index in [1.165, 1.54) is 6.07 Å². The van der Waals surface area contributed by atoms with E-state index in [0.717, 1.165) is 23.8 Å². The number of alkyl halides is 3. The van der Waals surface area contributed by atoms with Crippen molar-refractivity contribution in [1.29, 1.82) is 0 Å². The fourth-order valence-corrected chi connectivity index (χ4v) is 2.80. The van der Waals surface area contributed by atoms with E-state index in [0.29, 0.717) is 10.7 Å². The number of pyridine rings is 1. The van der Waals surface area contributed by atoms with Crippen molar-refractivity contribution in [3.8, 4) is 11.4 Å². The molecule has 2 heterocycles. The summed E-state index contributed by atoms with van der Waals surface area (Å²) < 4.78 is 57.8. The van der Waals surface area contributed by atoms with Gasteiger partial charge in [-0.2, -0.15) is 17.5 Å². The summed E-state index contributed by atoms with van der Waals surface area (Å²) in [5.74, 6) is 0.152. The van der Waals surface area contributed by atoms with E-state index < -0.39 is 28.0 Å². The van der Waals surface area contributed by atoms with E-state index in [9.17, 15) is 17.7 Å². The van der Waals surface area contributed by atoms with Crippen LogP contribution in [0.5, 0.6) is 0 Å². The Morgan fingerprint density at radius 3 is 2.54 bits per heavy atom. The molecule has 1 unspecified atom stereocenters. The summed E-state index contributed by atoms with van der Waals surface area (Å²) >= 11 is -0.460. The summed E-state index contributed by atoms with van der Waals surface area (Å²) in [7, 11) is 0. The van der Waals surface area contributed by atoms with Gasteiger partial charge in [0.25, 0.3) is 0 Å². The molecule has 0 N–H and O–H groups in total. The van der Waals surface area contributed by atoms with E-state index in [1.54, 1.807) is 27.7 Å². The molecule has 5 nitrogen and oxygen atoms in total. The lowest BCUT2D eigenvalue weighted by molar-refractivity contribution is -0.141. The monoisotopic (exact) mass is 376 g/mol. The van der Waals surface area contributed by atoms with Crippen LogP contribution < -0.4 is 0 Å². The first-order chi connectivity index (χ1) is 11.0. The standard InChI is InChI=1S/C14H15F3N4OS2/c1-8(21-24(22)13(2,3)4)12-19-11(20-23-12)9-5-6-18-10(7-9)14(15,16)17/h5-7H,1-4H3. The van der Waals surface area contributed by atoms with Gasteiger partial charge >= 0.3 is 6.18 Å². The number of rotatable bonds is 3. The Bertz CT molecular complexity index is 753. The highest BCUT2D eigenvalue weighted by atomic mass is 32.2. The molecule has 0 amide bonds. The van der Waals surface area contributed by atoms with Crippen molar-refractivity contribution in [2.75, 3.05) is 0 Å². The van der Waals surface area contributed by atoms with Gasteiger partial charge in [0.05, 0.1) is 0 Å². The fourth-order valence-electron chi connectivity index (χ4n) is 1.51. The lowest BCUT2D eigenvalue weighted by Gasteiger charge is -2.18. The third kappa shape index (κ3) is 4.52. The molecule has 0 fully saturated rings. The lowest BCUT2D eigenvalue weighted by atomic mass is 10.2. The topological polar surface area (TPSA) is 74.1 Å². The molecule has 0 radical (unpaired) electrons. The highest BCUT2D eigenvalue weighted by Gasteiger charge is 2.33. The van der Waals surface area contributed by atoms with E-state index in [1.807, 2.05) is 0 Å². The first kappa shape index (κ1) is 18.8. The van der Waals surface area contributed by atoms with Gasteiger partial charge in [-0.3, -0.25) is 4.98 Å². The minimum Gasteiger partial charge on any atom is -0.591 e. The predicted octanol–water partition coefficient (Wildman–Crippen LogP) is 3.89. The molecule has 1 atom stereocenters. The quantitative estimate of drug-likeness (QED) is 0.602. The summed E-state index contributed by atoms with van der Waals surface area (Å²) in [4.78, 5) is 7.49. The van der Waals surface area contributed by atoms with Gasteiger partial charge < -0.3 is 4.55 Å². The number of aromatic nitrogens is 3. The van der Waals surface area contributed by atoms with Gasteiger partial charge in [0, 0.05) is 11.8 Å². The molecule has 130 valence electrons. The van der Waals surface area contributed by atoms with Crippen LogP contribution in [0.15, 0.2) is 22.7 Å². The van der Waals surface area contributed by atoms with Crippen LogP contribution in [0.1, 0.15) is 38.4 Å². The lowest BCUT2D eigenvalue weighted by Crippen LogP contribution is -2.26. The predicted molar refractivity (Wildman–Crippen MR) is 88.2 cm³/mol. The van der Waals surface area contributed by atoms with Gasteiger partial charge in [-0.15, -0.1) is 0 Å². The minimum atomic E-state index is -4.53. The molecule has 2 aromatic heterocycles. The first-order valence-electron chi connectivity index (χ1n) is 6.83. The maximum atomic E-state index is 12.7. The maximum Gasteiger partial charge on any atom is 0.433 e. The minimum absolute atomic E-state index is 0.152. The number of hydrogen-bond donors (Lipinski definition) is 0. The van der Waals surface area contributed by atoms with Crippen molar-refractivity contribution in [2.45, 2.75) is 38.6 Å². The fraction of sp³-hybridized carbons (Fsp3) is 0.429. The Kier molecular flexibility index (Phi) is 5.31. The van der Waals surface area contributed by atoms with Crippen molar-refractivity contribution >= 4 is 28.6 Å². The maximum absolute atomic E-state index is 12.7. The van der Waals surface area contributed by atoms with Crippen LogP contribution in [0.3, 0.4) is 0 Å². The van der Waals surface area contributed by atoms with Crippen LogP contribution in [0, 0.1) is 0 Å². The molecule has 10 heteroatoms. The molecular weight excluding hydrogens is 361 g/mol. The third-order valence-electron chi connectivity index (χ3n) is 2.79. The Labute approximate surface area is 144 Å². The van der Waals surface area contributed by atoms with Crippen LogP contribution in [-0.4, -0.2) is 29.4 Å².